The molecule has 0 aromatic carbocycles. The standard InChI is InChI=1S/C18H28N4O2/c1-12-17(13(2)20(4)19-12)15-8-7-11-22(15)18(24)14(3)21-10-6-5-9-16(21)23/h14-15H,5-11H2,1-4H3/t14-,15-/m1/s1. The van der Waals surface area contributed by atoms with Crippen molar-refractivity contribution in [2.45, 2.75) is 65.0 Å². The lowest BCUT2D eigenvalue weighted by molar-refractivity contribution is -0.147. The molecule has 2 atom stereocenters. The van der Waals surface area contributed by atoms with E-state index in [1.807, 2.05) is 30.5 Å². The minimum Gasteiger partial charge on any atom is -0.334 e. The molecule has 6 nitrogen and oxygen atoms in total. The number of aryl methyl sites for hydroxylation is 2. The average molecular weight is 332 g/mol. The summed E-state index contributed by atoms with van der Waals surface area (Å²) in [7, 11) is 1.95. The van der Waals surface area contributed by atoms with E-state index in [0.717, 1.165) is 43.6 Å². The molecule has 3 rings (SSSR count). The average Bonchev–Trinajstić information content (AvgIpc) is 3.11. The predicted octanol–water partition coefficient (Wildman–Crippen LogP) is 2.10. The minimum atomic E-state index is -0.365. The molecule has 132 valence electrons. The highest BCUT2D eigenvalue weighted by molar-refractivity contribution is 5.88. The molecular weight excluding hydrogens is 304 g/mol. The number of rotatable bonds is 3. The van der Waals surface area contributed by atoms with Crippen LogP contribution in [0.5, 0.6) is 0 Å². The van der Waals surface area contributed by atoms with Crippen LogP contribution in [0.4, 0.5) is 0 Å². The van der Waals surface area contributed by atoms with Crippen LogP contribution in [0.25, 0.3) is 0 Å². The molecule has 2 fully saturated rings. The van der Waals surface area contributed by atoms with Gasteiger partial charge in [0.15, 0.2) is 0 Å². The van der Waals surface area contributed by atoms with Crippen LogP contribution in [0.1, 0.15) is 62.0 Å². The molecule has 2 aliphatic heterocycles. The lowest BCUT2D eigenvalue weighted by Gasteiger charge is -2.35. The Labute approximate surface area is 143 Å². The van der Waals surface area contributed by atoms with Crippen LogP contribution in [0.15, 0.2) is 0 Å². The Bertz CT molecular complexity index is 652. The zero-order chi connectivity index (χ0) is 17.4. The van der Waals surface area contributed by atoms with E-state index >= 15 is 0 Å². The van der Waals surface area contributed by atoms with Gasteiger partial charge in [0.05, 0.1) is 11.7 Å². The van der Waals surface area contributed by atoms with Gasteiger partial charge in [0.25, 0.3) is 0 Å². The number of amides is 2. The van der Waals surface area contributed by atoms with E-state index in [9.17, 15) is 9.59 Å². The molecule has 0 unspecified atom stereocenters. The first-order valence-corrected chi connectivity index (χ1v) is 9.02. The maximum absolute atomic E-state index is 13.1. The molecule has 1 aromatic heterocycles. The van der Waals surface area contributed by atoms with Gasteiger partial charge in [-0.3, -0.25) is 14.3 Å². The first-order valence-electron chi connectivity index (χ1n) is 9.02. The first kappa shape index (κ1) is 17.0. The Kier molecular flexibility index (Phi) is 4.65. The van der Waals surface area contributed by atoms with Gasteiger partial charge in [0.2, 0.25) is 11.8 Å². The number of nitrogens with zero attached hydrogens (tertiary/aromatic N) is 4. The summed E-state index contributed by atoms with van der Waals surface area (Å²) in [6, 6.07) is -0.274. The number of hydrogen-bond acceptors (Lipinski definition) is 3. The monoisotopic (exact) mass is 332 g/mol. The summed E-state index contributed by atoms with van der Waals surface area (Å²) in [5, 5.41) is 4.51. The molecule has 0 bridgehead atoms. The van der Waals surface area contributed by atoms with Gasteiger partial charge < -0.3 is 9.80 Å². The second-order valence-corrected chi connectivity index (χ2v) is 7.12. The summed E-state index contributed by atoms with van der Waals surface area (Å²) >= 11 is 0. The zero-order valence-electron chi connectivity index (χ0n) is 15.2. The van der Waals surface area contributed by atoms with Crippen molar-refractivity contribution in [3.8, 4) is 0 Å². The van der Waals surface area contributed by atoms with Crippen LogP contribution in [0.2, 0.25) is 0 Å². The second-order valence-electron chi connectivity index (χ2n) is 7.12. The van der Waals surface area contributed by atoms with Crippen molar-refractivity contribution in [1.82, 2.24) is 19.6 Å². The fourth-order valence-electron chi connectivity index (χ4n) is 4.21. The van der Waals surface area contributed by atoms with Crippen LogP contribution in [-0.2, 0) is 16.6 Å². The third-order valence-electron chi connectivity index (χ3n) is 5.62. The van der Waals surface area contributed by atoms with Crippen molar-refractivity contribution in [1.29, 1.82) is 0 Å². The highest BCUT2D eigenvalue weighted by Crippen LogP contribution is 2.36. The Morgan fingerprint density at radius 1 is 1.21 bits per heavy atom. The summed E-state index contributed by atoms with van der Waals surface area (Å²) in [6.07, 6.45) is 4.48. The number of carbonyl (C=O) groups is 2. The number of aromatic nitrogens is 2. The van der Waals surface area contributed by atoms with Gasteiger partial charge in [-0.2, -0.15) is 5.10 Å². The fraction of sp³-hybridized carbons (Fsp3) is 0.722. The van der Waals surface area contributed by atoms with Crippen molar-refractivity contribution in [2.24, 2.45) is 7.05 Å². The number of likely N-dealkylation sites (tertiary alicyclic amines) is 2. The predicted molar refractivity (Wildman–Crippen MR) is 91.4 cm³/mol. The second kappa shape index (κ2) is 6.57. The van der Waals surface area contributed by atoms with Crippen LogP contribution in [-0.4, -0.2) is 50.5 Å². The molecule has 1 aromatic rings. The molecule has 24 heavy (non-hydrogen) atoms. The number of carbonyl (C=O) groups excluding carboxylic acids is 2. The number of piperidine rings is 1. The summed E-state index contributed by atoms with van der Waals surface area (Å²) in [6.45, 7) is 7.43. The largest absolute Gasteiger partial charge is 0.334 e. The topological polar surface area (TPSA) is 58.4 Å². The molecule has 6 heteroatoms. The number of hydrogen-bond donors (Lipinski definition) is 0. The van der Waals surface area contributed by atoms with E-state index < -0.39 is 0 Å². The molecule has 2 aliphatic rings. The van der Waals surface area contributed by atoms with Gasteiger partial charge in [-0.25, -0.2) is 0 Å². The lowest BCUT2D eigenvalue weighted by atomic mass is 10.0. The Balaban J connectivity index is 1.82. The van der Waals surface area contributed by atoms with E-state index in [-0.39, 0.29) is 23.9 Å². The third kappa shape index (κ3) is 2.82. The van der Waals surface area contributed by atoms with E-state index in [1.54, 1.807) is 4.90 Å². The molecule has 2 amide bonds. The smallest absolute Gasteiger partial charge is 0.245 e. The Morgan fingerprint density at radius 2 is 1.96 bits per heavy atom. The first-order chi connectivity index (χ1) is 11.4. The minimum absolute atomic E-state index is 0.0791. The lowest BCUT2D eigenvalue weighted by Crippen LogP contribution is -2.50. The van der Waals surface area contributed by atoms with E-state index in [1.165, 1.54) is 5.56 Å². The molecule has 3 heterocycles. The maximum atomic E-state index is 13.1. The quantitative estimate of drug-likeness (QED) is 0.852. The van der Waals surface area contributed by atoms with Crippen molar-refractivity contribution >= 4 is 11.8 Å². The summed E-state index contributed by atoms with van der Waals surface area (Å²) < 4.78 is 1.89. The van der Waals surface area contributed by atoms with Crippen molar-refractivity contribution in [3.63, 3.8) is 0 Å². The highest BCUT2D eigenvalue weighted by atomic mass is 16.2. The summed E-state index contributed by atoms with van der Waals surface area (Å²) in [5.41, 5.74) is 3.31. The van der Waals surface area contributed by atoms with Gasteiger partial charge in [0, 0.05) is 37.8 Å². The van der Waals surface area contributed by atoms with Gasteiger partial charge in [0.1, 0.15) is 6.04 Å². The Morgan fingerprint density at radius 3 is 2.58 bits per heavy atom. The molecule has 2 saturated heterocycles. The molecular formula is C18H28N4O2. The molecule has 0 saturated carbocycles. The molecule has 0 spiro atoms. The van der Waals surface area contributed by atoms with Crippen molar-refractivity contribution in [3.05, 3.63) is 17.0 Å². The molecule has 0 aliphatic carbocycles. The van der Waals surface area contributed by atoms with Crippen LogP contribution < -0.4 is 0 Å². The van der Waals surface area contributed by atoms with Crippen molar-refractivity contribution < 1.29 is 9.59 Å². The fourth-order valence-corrected chi connectivity index (χ4v) is 4.21. The third-order valence-corrected chi connectivity index (χ3v) is 5.62. The van der Waals surface area contributed by atoms with Crippen LogP contribution in [0, 0.1) is 13.8 Å². The van der Waals surface area contributed by atoms with Crippen LogP contribution in [0.3, 0.4) is 0 Å². The van der Waals surface area contributed by atoms with E-state index in [4.69, 9.17) is 0 Å². The normalized spacial score (nSPS) is 23.0. The zero-order valence-corrected chi connectivity index (χ0v) is 15.2. The summed E-state index contributed by atoms with van der Waals surface area (Å²) in [4.78, 5) is 29.0. The van der Waals surface area contributed by atoms with Gasteiger partial charge >= 0.3 is 0 Å². The van der Waals surface area contributed by atoms with E-state index in [2.05, 4.69) is 12.0 Å². The van der Waals surface area contributed by atoms with E-state index in [0.29, 0.717) is 13.0 Å². The summed E-state index contributed by atoms with van der Waals surface area (Å²) in [5.74, 6) is 0.196. The van der Waals surface area contributed by atoms with Crippen LogP contribution >= 0.6 is 0 Å². The van der Waals surface area contributed by atoms with Crippen molar-refractivity contribution in [2.75, 3.05) is 13.1 Å². The van der Waals surface area contributed by atoms with Gasteiger partial charge in [-0.15, -0.1) is 0 Å². The van der Waals surface area contributed by atoms with Gasteiger partial charge in [-0.1, -0.05) is 0 Å². The van der Waals surface area contributed by atoms with Gasteiger partial charge in [-0.05, 0) is 46.5 Å². The Hall–Kier alpha value is -1.85. The molecule has 0 radical (unpaired) electrons. The highest BCUT2D eigenvalue weighted by Gasteiger charge is 2.38. The SMILES string of the molecule is Cc1nn(C)c(C)c1[C@H]1CCCN1C(=O)[C@@H](C)N1CCCCC1=O. The maximum Gasteiger partial charge on any atom is 0.245 e. The molecule has 0 N–H and O–H groups in total.